The number of benzene rings is 1. The fraction of sp³-hybridized carbons (Fsp3) is 0.133. The quantitative estimate of drug-likeness (QED) is 0.805. The molecule has 0 saturated heterocycles. The van der Waals surface area contributed by atoms with Crippen molar-refractivity contribution in [2.75, 3.05) is 16.6 Å². The normalized spacial score (nSPS) is 10.9. The molecule has 0 spiro atoms. The van der Waals surface area contributed by atoms with Gasteiger partial charge in [-0.15, -0.1) is 6.58 Å². The molecule has 0 fully saturated rings. The lowest BCUT2D eigenvalue weighted by atomic mass is 10.2. The van der Waals surface area contributed by atoms with E-state index in [0.29, 0.717) is 12.1 Å². The Kier molecular flexibility index (Phi) is 4.59. The first-order chi connectivity index (χ1) is 10.0. The van der Waals surface area contributed by atoms with Crippen molar-refractivity contribution in [2.45, 2.75) is 11.8 Å². The summed E-state index contributed by atoms with van der Waals surface area (Å²) in [7, 11) is -3.62. The van der Waals surface area contributed by atoms with E-state index in [2.05, 4.69) is 21.6 Å². The van der Waals surface area contributed by atoms with Crippen LogP contribution in [0.3, 0.4) is 0 Å². The van der Waals surface area contributed by atoms with Crippen molar-refractivity contribution in [3.8, 4) is 0 Å². The van der Waals surface area contributed by atoms with Crippen LogP contribution in [0, 0.1) is 6.92 Å². The molecule has 0 aliphatic rings. The summed E-state index contributed by atoms with van der Waals surface area (Å²) in [6.07, 6.45) is 3.30. The van der Waals surface area contributed by atoms with Gasteiger partial charge in [-0.3, -0.25) is 4.72 Å². The molecule has 5 nitrogen and oxygen atoms in total. The van der Waals surface area contributed by atoms with Crippen LogP contribution in [0.5, 0.6) is 0 Å². The second-order valence-electron chi connectivity index (χ2n) is 4.47. The first-order valence-electron chi connectivity index (χ1n) is 6.42. The molecular formula is C15H17N3O2S. The highest BCUT2D eigenvalue weighted by Gasteiger charge is 2.16. The van der Waals surface area contributed by atoms with Gasteiger partial charge < -0.3 is 5.32 Å². The summed E-state index contributed by atoms with van der Waals surface area (Å²) in [6, 6.07) is 10.2. The lowest BCUT2D eigenvalue weighted by Gasteiger charge is -2.10. The topological polar surface area (TPSA) is 71.1 Å². The second-order valence-corrected chi connectivity index (χ2v) is 6.12. The number of rotatable bonds is 6. The minimum Gasteiger partial charge on any atom is -0.380 e. The Morgan fingerprint density at radius 2 is 2.00 bits per heavy atom. The van der Waals surface area contributed by atoms with Crippen LogP contribution >= 0.6 is 0 Å². The zero-order valence-electron chi connectivity index (χ0n) is 11.7. The third-order valence-corrected chi connectivity index (χ3v) is 4.35. The molecule has 0 bridgehead atoms. The molecule has 1 aromatic carbocycles. The van der Waals surface area contributed by atoms with Gasteiger partial charge in [0.05, 0.1) is 16.8 Å². The zero-order valence-corrected chi connectivity index (χ0v) is 12.5. The Balaban J connectivity index is 2.17. The number of pyridine rings is 1. The van der Waals surface area contributed by atoms with Gasteiger partial charge in [0.15, 0.2) is 0 Å². The van der Waals surface area contributed by atoms with Crippen LogP contribution in [0.4, 0.5) is 11.5 Å². The largest absolute Gasteiger partial charge is 0.380 e. The van der Waals surface area contributed by atoms with Crippen LogP contribution in [0.25, 0.3) is 0 Å². The van der Waals surface area contributed by atoms with Gasteiger partial charge in [-0.1, -0.05) is 24.3 Å². The molecule has 1 aromatic heterocycles. The minimum atomic E-state index is -3.62. The van der Waals surface area contributed by atoms with Crippen molar-refractivity contribution in [3.05, 3.63) is 60.8 Å². The number of aryl methyl sites for hydroxylation is 1. The Bertz CT molecular complexity index is 725. The van der Waals surface area contributed by atoms with Gasteiger partial charge in [-0.05, 0) is 30.7 Å². The Labute approximate surface area is 124 Å². The maximum atomic E-state index is 12.3. The summed E-state index contributed by atoms with van der Waals surface area (Å²) in [6.45, 7) is 5.98. The predicted molar refractivity (Wildman–Crippen MR) is 84.9 cm³/mol. The number of hydrogen-bond acceptors (Lipinski definition) is 4. The maximum absolute atomic E-state index is 12.3. The highest BCUT2D eigenvalue weighted by Crippen LogP contribution is 2.18. The first-order valence-corrected chi connectivity index (χ1v) is 7.90. The molecule has 0 atom stereocenters. The van der Waals surface area contributed by atoms with Crippen molar-refractivity contribution in [2.24, 2.45) is 0 Å². The van der Waals surface area contributed by atoms with Crippen LogP contribution < -0.4 is 10.0 Å². The molecule has 0 saturated carbocycles. The molecule has 110 valence electrons. The highest BCUT2D eigenvalue weighted by atomic mass is 32.2. The number of nitrogens with zero attached hydrogens (tertiary/aromatic N) is 1. The number of sulfonamides is 1. The van der Waals surface area contributed by atoms with E-state index < -0.39 is 10.0 Å². The van der Waals surface area contributed by atoms with E-state index in [-0.39, 0.29) is 10.7 Å². The summed E-state index contributed by atoms with van der Waals surface area (Å²) < 4.78 is 27.1. The summed E-state index contributed by atoms with van der Waals surface area (Å²) in [5.74, 6) is 0.280. The average Bonchev–Trinajstić information content (AvgIpc) is 2.46. The van der Waals surface area contributed by atoms with Crippen molar-refractivity contribution >= 4 is 21.5 Å². The standard InChI is InChI=1S/C15H17N3O2S/c1-3-10-16-13-8-9-15(17-11-13)18-21(19,20)14-7-5-4-6-12(14)2/h3-9,11,16H,1,10H2,2H3,(H,17,18). The van der Waals surface area contributed by atoms with Crippen molar-refractivity contribution in [1.29, 1.82) is 0 Å². The van der Waals surface area contributed by atoms with Crippen LogP contribution in [-0.4, -0.2) is 19.9 Å². The molecule has 0 aliphatic carbocycles. The van der Waals surface area contributed by atoms with Gasteiger partial charge in [0.1, 0.15) is 5.82 Å². The second kappa shape index (κ2) is 6.41. The summed E-state index contributed by atoms with van der Waals surface area (Å²) in [5.41, 5.74) is 1.49. The summed E-state index contributed by atoms with van der Waals surface area (Å²) >= 11 is 0. The maximum Gasteiger partial charge on any atom is 0.263 e. The third-order valence-electron chi connectivity index (χ3n) is 2.84. The molecule has 2 N–H and O–H groups in total. The van der Waals surface area contributed by atoms with Crippen molar-refractivity contribution in [1.82, 2.24) is 4.98 Å². The predicted octanol–water partition coefficient (Wildman–Crippen LogP) is 2.79. The lowest BCUT2D eigenvalue weighted by molar-refractivity contribution is 0.600. The van der Waals surface area contributed by atoms with Crippen LogP contribution in [-0.2, 0) is 10.0 Å². The molecule has 6 heteroatoms. The number of nitrogens with one attached hydrogen (secondary N) is 2. The van der Waals surface area contributed by atoms with Crippen LogP contribution in [0.2, 0.25) is 0 Å². The fourth-order valence-electron chi connectivity index (χ4n) is 1.80. The Morgan fingerprint density at radius 1 is 1.24 bits per heavy atom. The van der Waals surface area contributed by atoms with E-state index >= 15 is 0 Å². The molecule has 0 aliphatic heterocycles. The monoisotopic (exact) mass is 303 g/mol. The molecule has 2 rings (SSSR count). The molecule has 21 heavy (non-hydrogen) atoms. The molecule has 0 amide bonds. The third kappa shape index (κ3) is 3.82. The molecule has 0 radical (unpaired) electrons. The van der Waals surface area contributed by atoms with E-state index in [9.17, 15) is 8.42 Å². The molecule has 0 unspecified atom stereocenters. The van der Waals surface area contributed by atoms with E-state index in [4.69, 9.17) is 0 Å². The van der Waals surface area contributed by atoms with E-state index in [1.54, 1.807) is 55.6 Å². The smallest absolute Gasteiger partial charge is 0.263 e. The fourth-order valence-corrected chi connectivity index (χ4v) is 3.06. The Hall–Kier alpha value is -2.34. The van der Waals surface area contributed by atoms with Gasteiger partial charge in [-0.25, -0.2) is 13.4 Å². The SMILES string of the molecule is C=CCNc1ccc(NS(=O)(=O)c2ccccc2C)nc1. The number of aromatic nitrogens is 1. The zero-order chi connectivity index (χ0) is 15.3. The molecular weight excluding hydrogens is 286 g/mol. The van der Waals surface area contributed by atoms with Crippen molar-refractivity contribution < 1.29 is 8.42 Å². The van der Waals surface area contributed by atoms with E-state index in [1.807, 2.05) is 0 Å². The average molecular weight is 303 g/mol. The van der Waals surface area contributed by atoms with Gasteiger partial charge in [-0.2, -0.15) is 0 Å². The van der Waals surface area contributed by atoms with Crippen LogP contribution in [0.15, 0.2) is 60.1 Å². The van der Waals surface area contributed by atoms with Crippen LogP contribution in [0.1, 0.15) is 5.56 Å². The van der Waals surface area contributed by atoms with Crippen molar-refractivity contribution in [3.63, 3.8) is 0 Å². The van der Waals surface area contributed by atoms with E-state index in [0.717, 1.165) is 5.69 Å². The first kappa shape index (κ1) is 15.1. The Morgan fingerprint density at radius 3 is 2.62 bits per heavy atom. The number of hydrogen-bond donors (Lipinski definition) is 2. The lowest BCUT2D eigenvalue weighted by Crippen LogP contribution is -2.15. The summed E-state index contributed by atoms with van der Waals surface area (Å²) in [4.78, 5) is 4.34. The number of anilines is 2. The van der Waals surface area contributed by atoms with Gasteiger partial charge in [0.25, 0.3) is 10.0 Å². The van der Waals surface area contributed by atoms with E-state index in [1.165, 1.54) is 0 Å². The molecule has 1 heterocycles. The highest BCUT2D eigenvalue weighted by molar-refractivity contribution is 7.92. The minimum absolute atomic E-state index is 0.251. The van der Waals surface area contributed by atoms with Gasteiger partial charge >= 0.3 is 0 Å². The summed E-state index contributed by atoms with van der Waals surface area (Å²) in [5, 5.41) is 3.07. The molecule has 2 aromatic rings. The van der Waals surface area contributed by atoms with Gasteiger partial charge in [0.2, 0.25) is 0 Å². The van der Waals surface area contributed by atoms with Gasteiger partial charge in [0, 0.05) is 6.54 Å².